The van der Waals surface area contributed by atoms with Crippen molar-refractivity contribution in [2.45, 2.75) is 0 Å². The molecule has 0 aliphatic carbocycles. The highest BCUT2D eigenvalue weighted by Crippen LogP contribution is 2.47. The lowest BCUT2D eigenvalue weighted by Crippen LogP contribution is -2.13. The van der Waals surface area contributed by atoms with Crippen molar-refractivity contribution in [1.29, 1.82) is 0 Å². The Hall–Kier alpha value is -3.83. The van der Waals surface area contributed by atoms with Gasteiger partial charge in [0.1, 0.15) is 18.1 Å². The SMILES string of the molecule is O=C(CO)Oc1c(Oc2ccccc2)c(Oc2ccccc2)cc2ccccc12. The van der Waals surface area contributed by atoms with E-state index in [1.54, 1.807) is 12.1 Å². The Balaban J connectivity index is 1.90. The zero-order valence-corrected chi connectivity index (χ0v) is 15.4. The highest BCUT2D eigenvalue weighted by atomic mass is 16.6. The van der Waals surface area contributed by atoms with E-state index in [9.17, 15) is 9.90 Å². The van der Waals surface area contributed by atoms with E-state index in [-0.39, 0.29) is 11.5 Å². The van der Waals surface area contributed by atoms with Crippen LogP contribution < -0.4 is 14.2 Å². The van der Waals surface area contributed by atoms with Gasteiger partial charge >= 0.3 is 5.97 Å². The van der Waals surface area contributed by atoms with E-state index >= 15 is 0 Å². The van der Waals surface area contributed by atoms with E-state index in [0.717, 1.165) is 5.39 Å². The molecule has 0 atom stereocenters. The van der Waals surface area contributed by atoms with Crippen molar-refractivity contribution in [1.82, 2.24) is 0 Å². The predicted octanol–water partition coefficient (Wildman–Crippen LogP) is 5.32. The van der Waals surface area contributed by atoms with Gasteiger partial charge in [0.2, 0.25) is 5.75 Å². The van der Waals surface area contributed by atoms with Gasteiger partial charge in [0.25, 0.3) is 0 Å². The van der Waals surface area contributed by atoms with Gasteiger partial charge < -0.3 is 19.3 Å². The molecule has 0 saturated carbocycles. The summed E-state index contributed by atoms with van der Waals surface area (Å²) in [7, 11) is 0. The minimum atomic E-state index is -0.787. The third-order valence-corrected chi connectivity index (χ3v) is 4.20. The molecule has 29 heavy (non-hydrogen) atoms. The molecule has 0 unspecified atom stereocenters. The summed E-state index contributed by atoms with van der Waals surface area (Å²) in [5.74, 6) is 1.21. The number of aliphatic hydroxyl groups is 1. The predicted molar refractivity (Wildman–Crippen MR) is 110 cm³/mol. The Labute approximate surface area is 167 Å². The van der Waals surface area contributed by atoms with Crippen molar-refractivity contribution in [3.05, 3.63) is 91.0 Å². The van der Waals surface area contributed by atoms with Gasteiger partial charge in [-0.3, -0.25) is 0 Å². The Morgan fingerprint density at radius 1 is 0.724 bits per heavy atom. The van der Waals surface area contributed by atoms with E-state index in [1.165, 1.54) is 0 Å². The molecule has 5 heteroatoms. The van der Waals surface area contributed by atoms with Gasteiger partial charge in [0.05, 0.1) is 0 Å². The van der Waals surface area contributed by atoms with Crippen LogP contribution in [0.1, 0.15) is 0 Å². The fourth-order valence-electron chi connectivity index (χ4n) is 2.91. The number of aliphatic hydroxyl groups excluding tert-OH is 1. The molecule has 4 aromatic rings. The minimum absolute atomic E-state index is 0.192. The maximum Gasteiger partial charge on any atom is 0.337 e. The van der Waals surface area contributed by atoms with Gasteiger partial charge in [-0.15, -0.1) is 0 Å². The molecule has 4 aromatic carbocycles. The molecule has 1 N–H and O–H groups in total. The summed E-state index contributed by atoms with van der Waals surface area (Å²) in [5.41, 5.74) is 0. The fraction of sp³-hybridized carbons (Fsp3) is 0.0417. The number of hydrogen-bond donors (Lipinski definition) is 1. The third-order valence-electron chi connectivity index (χ3n) is 4.20. The second-order valence-electron chi connectivity index (χ2n) is 6.22. The second-order valence-corrected chi connectivity index (χ2v) is 6.22. The van der Waals surface area contributed by atoms with Crippen LogP contribution in [-0.2, 0) is 4.79 Å². The molecule has 5 nitrogen and oxygen atoms in total. The molecule has 0 amide bonds. The first-order valence-corrected chi connectivity index (χ1v) is 9.07. The van der Waals surface area contributed by atoms with Crippen molar-refractivity contribution in [2.24, 2.45) is 0 Å². The standard InChI is InChI=1S/C24H18O5/c25-16-22(26)29-23-20-14-8-7-9-17(20)15-21(27-18-10-3-1-4-11-18)24(23)28-19-12-5-2-6-13-19/h1-15,25H,16H2. The van der Waals surface area contributed by atoms with Crippen LogP contribution in [0.15, 0.2) is 91.0 Å². The monoisotopic (exact) mass is 386 g/mol. The molecule has 0 heterocycles. The van der Waals surface area contributed by atoms with Crippen LogP contribution in [0.25, 0.3) is 10.8 Å². The average Bonchev–Trinajstić information content (AvgIpc) is 2.77. The molecule has 0 aliphatic rings. The second kappa shape index (κ2) is 8.46. The maximum absolute atomic E-state index is 11.9. The molecule has 0 aliphatic heterocycles. The number of para-hydroxylation sites is 2. The molecule has 0 aromatic heterocycles. The third kappa shape index (κ3) is 4.20. The van der Waals surface area contributed by atoms with E-state index < -0.39 is 12.6 Å². The maximum atomic E-state index is 11.9. The average molecular weight is 386 g/mol. The molecule has 0 saturated heterocycles. The van der Waals surface area contributed by atoms with Gasteiger partial charge in [-0.05, 0) is 35.7 Å². The van der Waals surface area contributed by atoms with Crippen LogP contribution in [0, 0.1) is 0 Å². The van der Waals surface area contributed by atoms with Gasteiger partial charge in [0.15, 0.2) is 11.5 Å². The summed E-state index contributed by atoms with van der Waals surface area (Å²) in [6.07, 6.45) is 0. The zero-order valence-electron chi connectivity index (χ0n) is 15.4. The lowest BCUT2D eigenvalue weighted by molar-refractivity contribution is -0.137. The molecule has 0 radical (unpaired) electrons. The van der Waals surface area contributed by atoms with Crippen molar-refractivity contribution in [2.75, 3.05) is 6.61 Å². The van der Waals surface area contributed by atoms with Crippen molar-refractivity contribution < 1.29 is 24.1 Å². The zero-order chi connectivity index (χ0) is 20.1. The Kier molecular flexibility index (Phi) is 5.40. The van der Waals surface area contributed by atoms with E-state index in [0.29, 0.717) is 22.6 Å². The largest absolute Gasteiger partial charge is 0.453 e. The minimum Gasteiger partial charge on any atom is -0.453 e. The Morgan fingerprint density at radius 2 is 1.31 bits per heavy atom. The number of ether oxygens (including phenoxy) is 3. The first-order valence-electron chi connectivity index (χ1n) is 9.07. The van der Waals surface area contributed by atoms with Crippen molar-refractivity contribution in [3.8, 4) is 28.7 Å². The van der Waals surface area contributed by atoms with Crippen LogP contribution in [0.3, 0.4) is 0 Å². The number of hydrogen-bond acceptors (Lipinski definition) is 5. The van der Waals surface area contributed by atoms with Gasteiger partial charge in [-0.2, -0.15) is 0 Å². The molecular weight excluding hydrogens is 368 g/mol. The summed E-state index contributed by atoms with van der Waals surface area (Å²) in [4.78, 5) is 11.9. The highest BCUT2D eigenvalue weighted by Gasteiger charge is 2.21. The lowest BCUT2D eigenvalue weighted by atomic mass is 10.1. The Bertz CT molecular complexity index is 1120. The van der Waals surface area contributed by atoms with Crippen LogP contribution in [0.2, 0.25) is 0 Å². The number of benzene rings is 4. The summed E-state index contributed by atoms with van der Waals surface area (Å²) in [5, 5.41) is 10.7. The van der Waals surface area contributed by atoms with Crippen LogP contribution in [-0.4, -0.2) is 17.7 Å². The van der Waals surface area contributed by atoms with E-state index in [2.05, 4.69) is 0 Å². The first-order chi connectivity index (χ1) is 14.2. The summed E-state index contributed by atoms with van der Waals surface area (Å²) in [6, 6.07) is 27.6. The topological polar surface area (TPSA) is 65.0 Å². The van der Waals surface area contributed by atoms with E-state index in [4.69, 9.17) is 14.2 Å². The number of carbonyl (C=O) groups is 1. The van der Waals surface area contributed by atoms with Crippen LogP contribution in [0.4, 0.5) is 0 Å². The molecule has 0 fully saturated rings. The van der Waals surface area contributed by atoms with Crippen molar-refractivity contribution >= 4 is 16.7 Å². The number of carbonyl (C=O) groups excluding carboxylic acids is 1. The molecule has 0 spiro atoms. The lowest BCUT2D eigenvalue weighted by Gasteiger charge is -2.18. The fourth-order valence-corrected chi connectivity index (χ4v) is 2.91. The molecule has 4 rings (SSSR count). The summed E-state index contributed by atoms with van der Waals surface area (Å²) >= 11 is 0. The van der Waals surface area contributed by atoms with E-state index in [1.807, 2.05) is 78.9 Å². The number of fused-ring (bicyclic) bond motifs is 1. The summed E-state index contributed by atoms with van der Waals surface area (Å²) < 4.78 is 17.6. The summed E-state index contributed by atoms with van der Waals surface area (Å²) in [6.45, 7) is -0.747. The highest BCUT2D eigenvalue weighted by molar-refractivity contribution is 5.95. The first kappa shape index (κ1) is 18.5. The van der Waals surface area contributed by atoms with Crippen LogP contribution in [0.5, 0.6) is 28.7 Å². The van der Waals surface area contributed by atoms with Crippen LogP contribution >= 0.6 is 0 Å². The quantitative estimate of drug-likeness (QED) is 0.359. The molecular formula is C24H18O5. The van der Waals surface area contributed by atoms with Crippen molar-refractivity contribution in [3.63, 3.8) is 0 Å². The number of rotatable bonds is 6. The number of esters is 1. The van der Waals surface area contributed by atoms with Gasteiger partial charge in [0, 0.05) is 5.39 Å². The molecule has 144 valence electrons. The van der Waals surface area contributed by atoms with Gasteiger partial charge in [-0.25, -0.2) is 4.79 Å². The smallest absolute Gasteiger partial charge is 0.337 e. The normalized spacial score (nSPS) is 10.5. The Morgan fingerprint density at radius 3 is 1.97 bits per heavy atom. The molecule has 0 bridgehead atoms. The van der Waals surface area contributed by atoms with Gasteiger partial charge in [-0.1, -0.05) is 60.7 Å².